The molecule has 1 aliphatic rings. The summed E-state index contributed by atoms with van der Waals surface area (Å²) in [5, 5.41) is 6.85. The van der Waals surface area contributed by atoms with Crippen LogP contribution >= 0.6 is 24.0 Å². The van der Waals surface area contributed by atoms with Crippen molar-refractivity contribution >= 4 is 29.9 Å². The van der Waals surface area contributed by atoms with Gasteiger partial charge in [0.2, 0.25) is 0 Å². The Hall–Kier alpha value is -1.10. The van der Waals surface area contributed by atoms with Gasteiger partial charge in [-0.05, 0) is 40.2 Å². The molecular formula is C24H44IN5O2. The highest BCUT2D eigenvalue weighted by Gasteiger charge is 2.13. The Kier molecular flexibility index (Phi) is 14.9. The van der Waals surface area contributed by atoms with Crippen LogP contribution in [0.1, 0.15) is 39.7 Å². The van der Waals surface area contributed by atoms with Crippen molar-refractivity contribution in [3.05, 3.63) is 29.8 Å². The zero-order chi connectivity index (χ0) is 22.5. The number of halogens is 1. The molecule has 8 heteroatoms. The van der Waals surface area contributed by atoms with Crippen LogP contribution < -0.4 is 15.4 Å². The molecule has 0 spiro atoms. The molecule has 0 aromatic heterocycles. The summed E-state index contributed by atoms with van der Waals surface area (Å²) in [4.78, 5) is 9.27. The number of morpholine rings is 1. The van der Waals surface area contributed by atoms with E-state index in [4.69, 9.17) is 9.47 Å². The molecule has 1 fully saturated rings. The number of hydrogen-bond donors (Lipinski definition) is 2. The molecule has 0 unspecified atom stereocenters. The number of ether oxygens (including phenoxy) is 2. The molecule has 2 rings (SSSR count). The fraction of sp³-hybridized carbons (Fsp3) is 0.708. The molecule has 1 aromatic rings. The molecule has 1 aromatic carbocycles. The lowest BCUT2D eigenvalue weighted by atomic mass is 10.2. The molecule has 0 saturated carbocycles. The number of rotatable bonds is 12. The van der Waals surface area contributed by atoms with Gasteiger partial charge >= 0.3 is 0 Å². The van der Waals surface area contributed by atoms with Crippen LogP contribution in [0.4, 0.5) is 0 Å². The minimum atomic E-state index is 0. The van der Waals surface area contributed by atoms with Crippen molar-refractivity contribution in [1.82, 2.24) is 20.4 Å². The maximum absolute atomic E-state index is 6.09. The first-order valence-corrected chi connectivity index (χ1v) is 11.7. The molecule has 0 amide bonds. The predicted octanol–water partition coefficient (Wildman–Crippen LogP) is 3.19. The van der Waals surface area contributed by atoms with E-state index in [0.29, 0.717) is 25.2 Å². The molecule has 1 heterocycles. The highest BCUT2D eigenvalue weighted by molar-refractivity contribution is 14.0. The van der Waals surface area contributed by atoms with Gasteiger partial charge < -0.3 is 20.1 Å². The minimum Gasteiger partial charge on any atom is -0.492 e. The third kappa shape index (κ3) is 10.7. The Bertz CT molecular complexity index is 643. The fourth-order valence-corrected chi connectivity index (χ4v) is 3.88. The summed E-state index contributed by atoms with van der Waals surface area (Å²) >= 11 is 0. The summed E-state index contributed by atoms with van der Waals surface area (Å²) < 4.78 is 11.5. The zero-order valence-corrected chi connectivity index (χ0v) is 22.9. The number of aliphatic imine (C=N–C) groups is 1. The number of para-hydroxylation sites is 1. The zero-order valence-electron chi connectivity index (χ0n) is 20.6. The van der Waals surface area contributed by atoms with Gasteiger partial charge in [0.05, 0.1) is 13.2 Å². The van der Waals surface area contributed by atoms with Gasteiger partial charge in [-0.3, -0.25) is 14.8 Å². The van der Waals surface area contributed by atoms with E-state index in [1.807, 2.05) is 19.2 Å². The lowest BCUT2D eigenvalue weighted by Gasteiger charge is -2.30. The lowest BCUT2D eigenvalue weighted by Crippen LogP contribution is -2.41. The number of guanidine groups is 1. The minimum absolute atomic E-state index is 0. The third-order valence-electron chi connectivity index (χ3n) is 5.62. The number of benzene rings is 1. The highest BCUT2D eigenvalue weighted by Crippen LogP contribution is 2.17. The van der Waals surface area contributed by atoms with E-state index in [1.165, 1.54) is 0 Å². The first kappa shape index (κ1) is 28.9. The Morgan fingerprint density at radius 2 is 1.81 bits per heavy atom. The summed E-state index contributed by atoms with van der Waals surface area (Å²) in [6, 6.07) is 9.35. The van der Waals surface area contributed by atoms with Gasteiger partial charge in [-0.1, -0.05) is 18.2 Å². The average Bonchev–Trinajstić information content (AvgIpc) is 2.76. The van der Waals surface area contributed by atoms with E-state index in [2.05, 4.69) is 65.3 Å². The fourth-order valence-electron chi connectivity index (χ4n) is 3.88. The van der Waals surface area contributed by atoms with Crippen molar-refractivity contribution in [2.75, 3.05) is 59.6 Å². The largest absolute Gasteiger partial charge is 0.492 e. The van der Waals surface area contributed by atoms with Crippen molar-refractivity contribution in [1.29, 1.82) is 0 Å². The van der Waals surface area contributed by atoms with Crippen molar-refractivity contribution in [3.63, 3.8) is 0 Å². The average molecular weight is 562 g/mol. The Morgan fingerprint density at radius 3 is 2.47 bits per heavy atom. The van der Waals surface area contributed by atoms with E-state index in [0.717, 1.165) is 69.6 Å². The molecule has 0 atom stereocenters. The van der Waals surface area contributed by atoms with Gasteiger partial charge in [-0.25, -0.2) is 0 Å². The third-order valence-corrected chi connectivity index (χ3v) is 5.62. The summed E-state index contributed by atoms with van der Waals surface area (Å²) in [6.45, 7) is 16.9. The van der Waals surface area contributed by atoms with Crippen molar-refractivity contribution in [2.45, 2.75) is 52.7 Å². The van der Waals surface area contributed by atoms with Crippen LogP contribution in [0, 0.1) is 0 Å². The van der Waals surface area contributed by atoms with Crippen LogP contribution in [0.2, 0.25) is 0 Å². The van der Waals surface area contributed by atoms with Crippen LogP contribution in [0.15, 0.2) is 29.3 Å². The van der Waals surface area contributed by atoms with Gasteiger partial charge in [-0.2, -0.15) is 0 Å². The smallest absolute Gasteiger partial charge is 0.191 e. The molecule has 0 aliphatic carbocycles. The Labute approximate surface area is 212 Å². The van der Waals surface area contributed by atoms with Gasteiger partial charge in [-0.15, -0.1) is 24.0 Å². The topological polar surface area (TPSA) is 61.4 Å². The van der Waals surface area contributed by atoms with E-state index in [9.17, 15) is 0 Å². The number of nitrogens with one attached hydrogen (secondary N) is 2. The second-order valence-electron chi connectivity index (χ2n) is 8.54. The van der Waals surface area contributed by atoms with E-state index in [1.54, 1.807) is 0 Å². The van der Waals surface area contributed by atoms with Crippen LogP contribution in [-0.2, 0) is 11.3 Å². The maximum atomic E-state index is 6.09. The Balaban J connectivity index is 0.00000512. The van der Waals surface area contributed by atoms with Crippen molar-refractivity contribution in [3.8, 4) is 5.75 Å². The van der Waals surface area contributed by atoms with E-state index >= 15 is 0 Å². The van der Waals surface area contributed by atoms with Crippen LogP contribution in [0.5, 0.6) is 5.75 Å². The van der Waals surface area contributed by atoms with Crippen LogP contribution in [-0.4, -0.2) is 87.4 Å². The van der Waals surface area contributed by atoms with Gasteiger partial charge in [0.15, 0.2) is 5.96 Å². The summed E-state index contributed by atoms with van der Waals surface area (Å²) in [5.41, 5.74) is 1.14. The predicted molar refractivity (Wildman–Crippen MR) is 144 cm³/mol. The second-order valence-corrected chi connectivity index (χ2v) is 8.54. The molecular weight excluding hydrogens is 517 g/mol. The normalized spacial score (nSPS) is 15.2. The molecule has 184 valence electrons. The molecule has 7 nitrogen and oxygen atoms in total. The van der Waals surface area contributed by atoms with Crippen molar-refractivity contribution in [2.24, 2.45) is 4.99 Å². The SMILES string of the molecule is CN=C(NCCCN(C(C)C)C(C)C)NCc1ccccc1OCCN1CCOCC1.I. The maximum Gasteiger partial charge on any atom is 0.191 e. The molecule has 2 N–H and O–H groups in total. The van der Waals surface area contributed by atoms with E-state index < -0.39 is 0 Å². The lowest BCUT2D eigenvalue weighted by molar-refractivity contribution is 0.0322. The molecule has 0 bridgehead atoms. The number of nitrogens with zero attached hydrogens (tertiary/aromatic N) is 3. The summed E-state index contributed by atoms with van der Waals surface area (Å²) in [5.74, 6) is 1.76. The summed E-state index contributed by atoms with van der Waals surface area (Å²) in [7, 11) is 1.81. The second kappa shape index (κ2) is 16.5. The van der Waals surface area contributed by atoms with E-state index in [-0.39, 0.29) is 24.0 Å². The molecule has 0 radical (unpaired) electrons. The van der Waals surface area contributed by atoms with Crippen molar-refractivity contribution < 1.29 is 9.47 Å². The molecule has 32 heavy (non-hydrogen) atoms. The number of hydrogen-bond acceptors (Lipinski definition) is 5. The highest BCUT2D eigenvalue weighted by atomic mass is 127. The van der Waals surface area contributed by atoms with Gasteiger partial charge in [0.25, 0.3) is 0 Å². The van der Waals surface area contributed by atoms with Crippen LogP contribution in [0.25, 0.3) is 0 Å². The first-order valence-electron chi connectivity index (χ1n) is 11.7. The first-order chi connectivity index (χ1) is 15.0. The Morgan fingerprint density at radius 1 is 1.12 bits per heavy atom. The van der Waals surface area contributed by atoms with Gasteiger partial charge in [0.1, 0.15) is 12.4 Å². The van der Waals surface area contributed by atoms with Crippen LogP contribution in [0.3, 0.4) is 0 Å². The molecule has 1 saturated heterocycles. The summed E-state index contributed by atoms with van der Waals surface area (Å²) in [6.07, 6.45) is 1.08. The standard InChI is InChI=1S/C24H43N5O2.HI/c1-20(2)29(21(3)4)12-8-11-26-24(25-5)27-19-22-9-6-7-10-23(22)31-18-15-28-13-16-30-17-14-28;/h6-7,9-10,20-21H,8,11-19H2,1-5H3,(H2,25,26,27);1H. The quantitative estimate of drug-likeness (QED) is 0.177. The molecule has 1 aliphatic heterocycles. The monoisotopic (exact) mass is 561 g/mol. The van der Waals surface area contributed by atoms with Gasteiger partial charge in [0, 0.05) is 64.0 Å².